The van der Waals surface area contributed by atoms with E-state index in [0.717, 1.165) is 0 Å². The number of nitrogens with zero attached hydrogens (tertiary/aromatic N) is 1. The van der Waals surface area contributed by atoms with Crippen LogP contribution in [-0.4, -0.2) is 30.1 Å². The fourth-order valence-electron chi connectivity index (χ4n) is 2.05. The molecule has 0 spiro atoms. The van der Waals surface area contributed by atoms with Crippen molar-refractivity contribution in [3.8, 4) is 0 Å². The molecule has 1 atom stereocenters. The third-order valence-electron chi connectivity index (χ3n) is 2.96. The normalized spacial score (nSPS) is 16.5. The Morgan fingerprint density at radius 2 is 2.22 bits per heavy atom. The maximum Gasteiger partial charge on any atom is 0.312 e. The van der Waals surface area contributed by atoms with Gasteiger partial charge >= 0.3 is 5.97 Å². The van der Waals surface area contributed by atoms with Gasteiger partial charge in [-0.15, -0.1) is 0 Å². The van der Waals surface area contributed by atoms with Crippen LogP contribution in [0.4, 0.5) is 5.69 Å². The van der Waals surface area contributed by atoms with Crippen LogP contribution >= 0.6 is 0 Å². The van der Waals surface area contributed by atoms with E-state index in [0.29, 0.717) is 24.2 Å². The second-order valence-corrected chi connectivity index (χ2v) is 4.12. The Morgan fingerprint density at radius 3 is 2.78 bits per heavy atom. The lowest BCUT2D eigenvalue weighted by Crippen LogP contribution is -2.35. The van der Waals surface area contributed by atoms with E-state index >= 15 is 0 Å². The molecule has 1 saturated heterocycles. The zero-order valence-electron chi connectivity index (χ0n) is 9.80. The number of nitrogens with two attached hydrogens (primary N) is 1. The van der Waals surface area contributed by atoms with E-state index in [1.807, 2.05) is 0 Å². The minimum atomic E-state index is -0.963. The van der Waals surface area contributed by atoms with Gasteiger partial charge in [0.15, 0.2) is 0 Å². The number of hydrazine groups is 1. The molecule has 2 rings (SSSR count). The number of anilines is 1. The highest BCUT2D eigenvalue weighted by atomic mass is 16.4. The summed E-state index contributed by atoms with van der Waals surface area (Å²) in [6, 6.07) is 7.08. The smallest absolute Gasteiger partial charge is 0.312 e. The van der Waals surface area contributed by atoms with E-state index in [-0.39, 0.29) is 12.5 Å². The van der Waals surface area contributed by atoms with Crippen molar-refractivity contribution in [3.05, 3.63) is 29.8 Å². The molecular formula is C12H15N3O3. The van der Waals surface area contributed by atoms with Crippen molar-refractivity contribution in [1.29, 1.82) is 0 Å². The SMILES string of the molecule is NCC(C(=O)O)c1ccccc1N1CCC(=O)N1. The summed E-state index contributed by atoms with van der Waals surface area (Å²) in [5.74, 6) is -1.79. The van der Waals surface area contributed by atoms with Gasteiger partial charge in [-0.2, -0.15) is 0 Å². The fourth-order valence-corrected chi connectivity index (χ4v) is 2.05. The standard InChI is InChI=1S/C12H15N3O3/c13-7-9(12(17)18)8-3-1-2-4-10(8)15-6-5-11(16)14-15/h1-4,9H,5-7,13H2,(H,14,16)(H,17,18). The van der Waals surface area contributed by atoms with Crippen LogP contribution in [0, 0.1) is 0 Å². The lowest BCUT2D eigenvalue weighted by Gasteiger charge is -2.23. The molecule has 6 heteroatoms. The van der Waals surface area contributed by atoms with Gasteiger partial charge in [-0.1, -0.05) is 18.2 Å². The van der Waals surface area contributed by atoms with Crippen molar-refractivity contribution in [1.82, 2.24) is 5.43 Å². The maximum atomic E-state index is 11.2. The van der Waals surface area contributed by atoms with Gasteiger partial charge in [-0.25, -0.2) is 0 Å². The molecule has 0 aromatic heterocycles. The first-order valence-electron chi connectivity index (χ1n) is 5.72. The van der Waals surface area contributed by atoms with Crippen molar-refractivity contribution >= 4 is 17.6 Å². The number of benzene rings is 1. The Labute approximate surface area is 104 Å². The van der Waals surface area contributed by atoms with Gasteiger partial charge < -0.3 is 10.8 Å². The molecule has 96 valence electrons. The van der Waals surface area contributed by atoms with Gasteiger partial charge in [-0.05, 0) is 11.6 Å². The maximum absolute atomic E-state index is 11.2. The van der Waals surface area contributed by atoms with E-state index in [4.69, 9.17) is 10.8 Å². The number of carbonyl (C=O) groups is 2. The zero-order chi connectivity index (χ0) is 13.1. The number of amides is 1. The molecule has 0 bridgehead atoms. The summed E-state index contributed by atoms with van der Waals surface area (Å²) >= 11 is 0. The Hall–Kier alpha value is -2.08. The fraction of sp³-hybridized carbons (Fsp3) is 0.333. The first kappa shape index (κ1) is 12.4. The highest BCUT2D eigenvalue weighted by molar-refractivity contribution is 5.84. The molecular weight excluding hydrogens is 234 g/mol. The average molecular weight is 249 g/mol. The molecule has 0 radical (unpaired) electrons. The molecule has 1 heterocycles. The summed E-state index contributed by atoms with van der Waals surface area (Å²) in [6.07, 6.45) is 0.411. The molecule has 6 nitrogen and oxygen atoms in total. The summed E-state index contributed by atoms with van der Waals surface area (Å²) < 4.78 is 0. The van der Waals surface area contributed by atoms with Gasteiger partial charge in [0.1, 0.15) is 0 Å². The van der Waals surface area contributed by atoms with Crippen LogP contribution in [0.5, 0.6) is 0 Å². The first-order chi connectivity index (χ1) is 8.63. The number of nitrogens with one attached hydrogen (secondary N) is 1. The number of hydrogen-bond acceptors (Lipinski definition) is 4. The molecule has 1 aliphatic heterocycles. The molecule has 1 unspecified atom stereocenters. The molecule has 4 N–H and O–H groups in total. The Balaban J connectivity index is 2.36. The number of rotatable bonds is 4. The molecule has 1 fully saturated rings. The van der Waals surface area contributed by atoms with Crippen molar-refractivity contribution in [2.75, 3.05) is 18.1 Å². The number of para-hydroxylation sites is 1. The summed E-state index contributed by atoms with van der Waals surface area (Å²) in [5.41, 5.74) is 9.52. The minimum Gasteiger partial charge on any atom is -0.481 e. The van der Waals surface area contributed by atoms with Crippen LogP contribution in [0.3, 0.4) is 0 Å². The van der Waals surface area contributed by atoms with E-state index in [1.54, 1.807) is 29.3 Å². The minimum absolute atomic E-state index is 0.0220. The summed E-state index contributed by atoms with van der Waals surface area (Å²) in [4.78, 5) is 22.4. The van der Waals surface area contributed by atoms with Gasteiger partial charge in [-0.3, -0.25) is 20.0 Å². The number of carbonyl (C=O) groups excluding carboxylic acids is 1. The third-order valence-corrected chi connectivity index (χ3v) is 2.96. The Bertz CT molecular complexity index is 475. The topological polar surface area (TPSA) is 95.7 Å². The monoisotopic (exact) mass is 249 g/mol. The van der Waals surface area contributed by atoms with Crippen LogP contribution in [-0.2, 0) is 9.59 Å². The number of hydrogen-bond donors (Lipinski definition) is 3. The van der Waals surface area contributed by atoms with Crippen LogP contribution in [0.2, 0.25) is 0 Å². The van der Waals surface area contributed by atoms with Crippen molar-refractivity contribution in [2.45, 2.75) is 12.3 Å². The van der Waals surface area contributed by atoms with Crippen LogP contribution < -0.4 is 16.2 Å². The predicted molar refractivity (Wildman–Crippen MR) is 66.0 cm³/mol. The Kier molecular flexibility index (Phi) is 3.47. The van der Waals surface area contributed by atoms with Crippen molar-refractivity contribution in [2.24, 2.45) is 5.73 Å². The van der Waals surface area contributed by atoms with Gasteiger partial charge in [0.25, 0.3) is 0 Å². The van der Waals surface area contributed by atoms with Gasteiger partial charge in [0.05, 0.1) is 11.6 Å². The average Bonchev–Trinajstić information content (AvgIpc) is 2.77. The van der Waals surface area contributed by atoms with Crippen molar-refractivity contribution < 1.29 is 14.7 Å². The first-order valence-corrected chi connectivity index (χ1v) is 5.72. The lowest BCUT2D eigenvalue weighted by molar-refractivity contribution is -0.138. The van der Waals surface area contributed by atoms with Crippen molar-refractivity contribution in [3.63, 3.8) is 0 Å². The number of carboxylic acids is 1. The highest BCUT2D eigenvalue weighted by Gasteiger charge is 2.26. The zero-order valence-corrected chi connectivity index (χ0v) is 9.80. The van der Waals surface area contributed by atoms with E-state index in [9.17, 15) is 9.59 Å². The molecule has 0 saturated carbocycles. The van der Waals surface area contributed by atoms with E-state index in [2.05, 4.69) is 5.43 Å². The van der Waals surface area contributed by atoms with Crippen LogP contribution in [0.15, 0.2) is 24.3 Å². The third kappa shape index (κ3) is 2.28. The molecule has 1 amide bonds. The molecule has 18 heavy (non-hydrogen) atoms. The van der Waals surface area contributed by atoms with Gasteiger partial charge in [0, 0.05) is 19.5 Å². The summed E-state index contributed by atoms with van der Waals surface area (Å²) in [5, 5.41) is 10.8. The summed E-state index contributed by atoms with van der Waals surface area (Å²) in [7, 11) is 0. The quantitative estimate of drug-likeness (QED) is 0.701. The predicted octanol–water partition coefficient (Wildman–Crippen LogP) is 0.0548. The van der Waals surface area contributed by atoms with E-state index < -0.39 is 11.9 Å². The summed E-state index contributed by atoms with van der Waals surface area (Å²) in [6.45, 7) is 0.556. The number of carboxylic acid groups (broad SMARTS) is 1. The molecule has 1 aromatic rings. The molecule has 0 aliphatic carbocycles. The van der Waals surface area contributed by atoms with E-state index in [1.165, 1.54) is 0 Å². The highest BCUT2D eigenvalue weighted by Crippen LogP contribution is 2.28. The molecule has 1 aromatic carbocycles. The lowest BCUT2D eigenvalue weighted by atomic mass is 9.97. The second kappa shape index (κ2) is 5.05. The number of aliphatic carboxylic acids is 1. The van der Waals surface area contributed by atoms with Crippen LogP contribution in [0.25, 0.3) is 0 Å². The molecule has 1 aliphatic rings. The van der Waals surface area contributed by atoms with Crippen LogP contribution in [0.1, 0.15) is 17.9 Å². The van der Waals surface area contributed by atoms with Gasteiger partial charge in [0.2, 0.25) is 5.91 Å². The largest absolute Gasteiger partial charge is 0.481 e. The Morgan fingerprint density at radius 1 is 1.50 bits per heavy atom. The second-order valence-electron chi connectivity index (χ2n) is 4.12.